The van der Waals surface area contributed by atoms with Gasteiger partial charge >= 0.3 is 0 Å². The van der Waals surface area contributed by atoms with Crippen LogP contribution in [0.5, 0.6) is 0 Å². The van der Waals surface area contributed by atoms with Crippen LogP contribution in [0.15, 0.2) is 29.4 Å². The summed E-state index contributed by atoms with van der Waals surface area (Å²) in [6, 6.07) is 5.30. The summed E-state index contributed by atoms with van der Waals surface area (Å²) in [4.78, 5) is 4.13. The summed E-state index contributed by atoms with van der Waals surface area (Å²) >= 11 is 0. The number of aryl methyl sites for hydroxylation is 2. The standard InChI is InChI=1S/C13H16N4O2S/c1-9-15-13(8-16(9)2)20(18,19)17-6-5-10-7-11(14)3-4-12(10)17/h3-4,7-8H,5-6,14H2,1-2H3. The maximum Gasteiger partial charge on any atom is 0.283 e. The van der Waals surface area contributed by atoms with Gasteiger partial charge in [-0.1, -0.05) is 0 Å². The first-order chi connectivity index (χ1) is 9.39. The molecule has 2 N–H and O–H groups in total. The average Bonchev–Trinajstić information content (AvgIpc) is 2.94. The topological polar surface area (TPSA) is 81.2 Å². The first kappa shape index (κ1) is 13.0. The summed E-state index contributed by atoms with van der Waals surface area (Å²) in [5.41, 5.74) is 8.04. The number of nitrogens with zero attached hydrogens (tertiary/aromatic N) is 3. The molecule has 3 rings (SSSR count). The van der Waals surface area contributed by atoms with Gasteiger partial charge in [-0.15, -0.1) is 0 Å². The lowest BCUT2D eigenvalue weighted by atomic mass is 10.1. The van der Waals surface area contributed by atoms with E-state index in [0.717, 1.165) is 5.56 Å². The van der Waals surface area contributed by atoms with Crippen molar-refractivity contribution in [2.75, 3.05) is 16.6 Å². The molecule has 0 saturated carbocycles. The van der Waals surface area contributed by atoms with Crippen LogP contribution < -0.4 is 10.0 Å². The molecule has 0 bridgehead atoms. The summed E-state index contributed by atoms with van der Waals surface area (Å²) in [6.07, 6.45) is 2.21. The molecule has 0 radical (unpaired) electrons. The number of benzene rings is 1. The molecule has 20 heavy (non-hydrogen) atoms. The Morgan fingerprint density at radius 3 is 2.75 bits per heavy atom. The van der Waals surface area contributed by atoms with Gasteiger partial charge in [-0.3, -0.25) is 4.31 Å². The van der Waals surface area contributed by atoms with Gasteiger partial charge in [0.25, 0.3) is 10.0 Å². The van der Waals surface area contributed by atoms with Crippen LogP contribution in [-0.4, -0.2) is 24.5 Å². The Kier molecular flexibility index (Phi) is 2.75. The highest BCUT2D eigenvalue weighted by molar-refractivity contribution is 7.92. The molecule has 0 saturated heterocycles. The minimum Gasteiger partial charge on any atom is -0.399 e. The second-order valence-corrected chi connectivity index (χ2v) is 6.76. The maximum atomic E-state index is 12.7. The fraction of sp³-hybridized carbons (Fsp3) is 0.308. The second-order valence-electron chi connectivity index (χ2n) is 4.95. The van der Waals surface area contributed by atoms with Crippen LogP contribution in [0.3, 0.4) is 0 Å². The predicted molar refractivity (Wildman–Crippen MR) is 77.0 cm³/mol. The molecule has 7 heteroatoms. The summed E-state index contributed by atoms with van der Waals surface area (Å²) < 4.78 is 28.4. The Morgan fingerprint density at radius 2 is 2.10 bits per heavy atom. The minimum atomic E-state index is -3.61. The minimum absolute atomic E-state index is 0.0853. The van der Waals surface area contributed by atoms with E-state index in [-0.39, 0.29) is 5.03 Å². The van der Waals surface area contributed by atoms with Gasteiger partial charge in [0.05, 0.1) is 5.69 Å². The van der Waals surface area contributed by atoms with Gasteiger partial charge in [0, 0.05) is 25.5 Å². The van der Waals surface area contributed by atoms with Crippen molar-refractivity contribution in [1.82, 2.24) is 9.55 Å². The highest BCUT2D eigenvalue weighted by Gasteiger charge is 2.32. The number of hydrogen-bond donors (Lipinski definition) is 1. The van der Waals surface area contributed by atoms with Crippen LogP contribution in [0.4, 0.5) is 11.4 Å². The lowest BCUT2D eigenvalue weighted by molar-refractivity contribution is 0.589. The number of imidazole rings is 1. The summed E-state index contributed by atoms with van der Waals surface area (Å²) in [5.74, 6) is 0.667. The van der Waals surface area contributed by atoms with Crippen molar-refractivity contribution in [3.05, 3.63) is 35.8 Å². The number of sulfonamides is 1. The average molecular weight is 292 g/mol. The first-order valence-electron chi connectivity index (χ1n) is 6.31. The Balaban J connectivity index is 2.07. The molecular weight excluding hydrogens is 276 g/mol. The molecule has 1 aliphatic heterocycles. The number of nitrogen functional groups attached to an aromatic ring is 1. The van der Waals surface area contributed by atoms with Crippen LogP contribution in [0, 0.1) is 6.92 Å². The van der Waals surface area contributed by atoms with Crippen LogP contribution in [-0.2, 0) is 23.5 Å². The number of nitrogens with two attached hydrogens (primary N) is 1. The van der Waals surface area contributed by atoms with Crippen molar-refractivity contribution in [3.8, 4) is 0 Å². The molecule has 0 amide bonds. The van der Waals surface area contributed by atoms with E-state index in [1.807, 2.05) is 6.07 Å². The van der Waals surface area contributed by atoms with E-state index in [9.17, 15) is 8.42 Å². The quantitative estimate of drug-likeness (QED) is 0.839. The lowest BCUT2D eigenvalue weighted by Gasteiger charge is -2.18. The van der Waals surface area contributed by atoms with Crippen molar-refractivity contribution in [1.29, 1.82) is 0 Å². The zero-order chi connectivity index (χ0) is 14.5. The highest BCUT2D eigenvalue weighted by atomic mass is 32.2. The van der Waals surface area contributed by atoms with Crippen LogP contribution in [0.2, 0.25) is 0 Å². The van der Waals surface area contributed by atoms with Gasteiger partial charge < -0.3 is 10.3 Å². The van der Waals surface area contributed by atoms with Crippen molar-refractivity contribution in [2.45, 2.75) is 18.4 Å². The monoisotopic (exact) mass is 292 g/mol. The van der Waals surface area contributed by atoms with Gasteiger partial charge in [-0.2, -0.15) is 8.42 Å². The van der Waals surface area contributed by atoms with Gasteiger partial charge in [0.2, 0.25) is 0 Å². The number of aromatic nitrogens is 2. The smallest absolute Gasteiger partial charge is 0.283 e. The Hall–Kier alpha value is -2.02. The third kappa shape index (κ3) is 1.85. The molecule has 106 valence electrons. The molecule has 0 spiro atoms. The molecule has 1 aromatic heterocycles. The van der Waals surface area contributed by atoms with Gasteiger partial charge in [0.1, 0.15) is 5.82 Å². The maximum absolute atomic E-state index is 12.7. The molecule has 0 fully saturated rings. The second kappa shape index (κ2) is 4.24. The fourth-order valence-electron chi connectivity index (χ4n) is 2.40. The highest BCUT2D eigenvalue weighted by Crippen LogP contribution is 2.33. The van der Waals surface area contributed by atoms with Crippen LogP contribution >= 0.6 is 0 Å². The molecule has 0 aliphatic carbocycles. The predicted octanol–water partition coefficient (Wildman–Crippen LogP) is 1.06. The van der Waals surface area contributed by atoms with Crippen molar-refractivity contribution in [3.63, 3.8) is 0 Å². The lowest BCUT2D eigenvalue weighted by Crippen LogP contribution is -2.29. The van der Waals surface area contributed by atoms with E-state index in [1.54, 1.807) is 36.9 Å². The van der Waals surface area contributed by atoms with E-state index >= 15 is 0 Å². The largest absolute Gasteiger partial charge is 0.399 e. The van der Waals surface area contributed by atoms with E-state index < -0.39 is 10.0 Å². The van der Waals surface area contributed by atoms with E-state index in [1.165, 1.54) is 4.31 Å². The summed E-state index contributed by atoms with van der Waals surface area (Å²) in [5, 5.41) is 0.0853. The van der Waals surface area contributed by atoms with Crippen LogP contribution in [0.25, 0.3) is 0 Å². The normalized spacial score (nSPS) is 14.6. The molecule has 1 aliphatic rings. The van der Waals surface area contributed by atoms with Gasteiger partial charge in [0.15, 0.2) is 5.03 Å². The third-order valence-corrected chi connectivity index (χ3v) is 5.28. The zero-order valence-electron chi connectivity index (χ0n) is 11.4. The molecule has 1 aromatic carbocycles. The summed E-state index contributed by atoms with van der Waals surface area (Å²) in [7, 11) is -1.83. The Bertz CT molecular complexity index is 760. The number of hydrogen-bond acceptors (Lipinski definition) is 4. The molecule has 0 unspecified atom stereocenters. The van der Waals surface area contributed by atoms with Gasteiger partial charge in [-0.05, 0) is 37.1 Å². The first-order valence-corrected chi connectivity index (χ1v) is 7.75. The van der Waals surface area contributed by atoms with Crippen molar-refractivity contribution >= 4 is 21.4 Å². The molecule has 6 nitrogen and oxygen atoms in total. The number of fused-ring (bicyclic) bond motifs is 1. The van der Waals surface area contributed by atoms with Crippen LogP contribution in [0.1, 0.15) is 11.4 Å². The number of anilines is 2. The molecular formula is C13H16N4O2S. The summed E-state index contributed by atoms with van der Waals surface area (Å²) in [6.45, 7) is 2.20. The third-order valence-electron chi connectivity index (χ3n) is 3.60. The van der Waals surface area contributed by atoms with Crippen molar-refractivity contribution in [2.24, 2.45) is 7.05 Å². The Morgan fingerprint density at radius 1 is 1.35 bits per heavy atom. The zero-order valence-corrected chi connectivity index (χ0v) is 12.2. The van der Waals surface area contributed by atoms with E-state index in [0.29, 0.717) is 30.2 Å². The SMILES string of the molecule is Cc1nc(S(=O)(=O)N2CCc3cc(N)ccc32)cn1C. The van der Waals surface area contributed by atoms with Gasteiger partial charge in [-0.25, -0.2) is 4.98 Å². The van der Waals surface area contributed by atoms with Crippen molar-refractivity contribution < 1.29 is 8.42 Å². The molecule has 0 atom stereocenters. The van der Waals surface area contributed by atoms with E-state index in [4.69, 9.17) is 5.73 Å². The Labute approximate surface area is 117 Å². The fourth-order valence-corrected chi connectivity index (χ4v) is 3.94. The molecule has 2 heterocycles. The van der Waals surface area contributed by atoms with E-state index in [2.05, 4.69) is 4.98 Å². The molecule has 2 aromatic rings. The number of rotatable bonds is 2.